The van der Waals surface area contributed by atoms with Gasteiger partial charge >= 0.3 is 0 Å². The third-order valence-corrected chi connectivity index (χ3v) is 4.69. The number of hydrogen-bond acceptors (Lipinski definition) is 4. The van der Waals surface area contributed by atoms with Crippen molar-refractivity contribution in [1.29, 1.82) is 0 Å². The van der Waals surface area contributed by atoms with E-state index in [4.69, 9.17) is 14.6 Å². The first-order valence-electron chi connectivity index (χ1n) is 9.19. The van der Waals surface area contributed by atoms with Crippen molar-refractivity contribution < 1.29 is 19.4 Å². The van der Waals surface area contributed by atoms with Crippen LogP contribution in [0, 0.1) is 11.8 Å². The Kier molecular flexibility index (Phi) is 6.48. The summed E-state index contributed by atoms with van der Waals surface area (Å²) in [6.45, 7) is 1.20. The fourth-order valence-electron chi connectivity index (χ4n) is 3.09. The average Bonchev–Trinajstić information content (AvgIpc) is 3.49. The molecule has 0 bridgehead atoms. The van der Waals surface area contributed by atoms with E-state index in [1.165, 1.54) is 12.8 Å². The lowest BCUT2D eigenvalue weighted by Gasteiger charge is -2.29. The Morgan fingerprint density at radius 2 is 2.04 bits per heavy atom. The van der Waals surface area contributed by atoms with Gasteiger partial charge in [0.1, 0.15) is 0 Å². The molecule has 1 heterocycles. The van der Waals surface area contributed by atoms with E-state index >= 15 is 0 Å². The first-order valence-corrected chi connectivity index (χ1v) is 9.19. The van der Waals surface area contributed by atoms with Gasteiger partial charge < -0.3 is 19.9 Å². The van der Waals surface area contributed by atoms with Gasteiger partial charge in [0.15, 0.2) is 5.76 Å². The summed E-state index contributed by atoms with van der Waals surface area (Å²) in [6.07, 6.45) is 6.37. The SMILES string of the molecule is O=C(NCc1ccccc1)C1=C[C@H](C2CC2)C[C@H](OCCCCO)O1. The van der Waals surface area contributed by atoms with Crippen LogP contribution >= 0.6 is 0 Å². The van der Waals surface area contributed by atoms with Crippen LogP contribution in [0.3, 0.4) is 0 Å². The molecule has 5 heteroatoms. The maximum Gasteiger partial charge on any atom is 0.286 e. The molecule has 0 aromatic heterocycles. The summed E-state index contributed by atoms with van der Waals surface area (Å²) in [4.78, 5) is 12.5. The zero-order chi connectivity index (χ0) is 17.5. The number of carbonyl (C=O) groups is 1. The van der Waals surface area contributed by atoms with Crippen molar-refractivity contribution in [2.24, 2.45) is 11.8 Å². The zero-order valence-electron chi connectivity index (χ0n) is 14.5. The summed E-state index contributed by atoms with van der Waals surface area (Å²) >= 11 is 0. The predicted octanol–water partition coefficient (Wildman–Crippen LogP) is 2.75. The molecule has 1 saturated carbocycles. The number of amides is 1. The molecule has 0 unspecified atom stereocenters. The number of aliphatic hydroxyl groups excluding tert-OH is 1. The minimum Gasteiger partial charge on any atom is -0.459 e. The standard InChI is InChI=1S/C20H27NO4/c22-10-4-5-11-24-19-13-17(16-8-9-16)12-18(25-19)20(23)21-14-15-6-2-1-3-7-15/h1-3,6-7,12,16-17,19,22H,4-5,8-11,13-14H2,(H,21,23)/t17-,19+/m0/s1. The molecule has 1 aliphatic heterocycles. The van der Waals surface area contributed by atoms with Gasteiger partial charge in [-0.1, -0.05) is 30.3 Å². The lowest BCUT2D eigenvalue weighted by molar-refractivity contribution is -0.150. The lowest BCUT2D eigenvalue weighted by atomic mass is 9.96. The molecule has 1 amide bonds. The second kappa shape index (κ2) is 9.02. The summed E-state index contributed by atoms with van der Waals surface area (Å²) < 4.78 is 11.6. The largest absolute Gasteiger partial charge is 0.459 e. The molecule has 2 N–H and O–H groups in total. The van der Waals surface area contributed by atoms with Gasteiger partial charge in [-0.25, -0.2) is 0 Å². The van der Waals surface area contributed by atoms with Crippen molar-refractivity contribution in [3.63, 3.8) is 0 Å². The highest BCUT2D eigenvalue weighted by Crippen LogP contribution is 2.42. The normalized spacial score (nSPS) is 22.8. The van der Waals surface area contributed by atoms with E-state index < -0.39 is 0 Å². The minimum atomic E-state index is -0.369. The molecule has 0 spiro atoms. The van der Waals surface area contributed by atoms with E-state index in [9.17, 15) is 4.79 Å². The summed E-state index contributed by atoms with van der Waals surface area (Å²) in [7, 11) is 0. The van der Waals surface area contributed by atoms with Crippen LogP contribution in [0.15, 0.2) is 42.2 Å². The van der Waals surface area contributed by atoms with Crippen LogP contribution in [-0.2, 0) is 20.8 Å². The van der Waals surface area contributed by atoms with Gasteiger partial charge in [-0.15, -0.1) is 0 Å². The smallest absolute Gasteiger partial charge is 0.286 e. The Labute approximate surface area is 149 Å². The van der Waals surface area contributed by atoms with Gasteiger partial charge in [0.2, 0.25) is 6.29 Å². The van der Waals surface area contributed by atoms with Crippen molar-refractivity contribution >= 4 is 5.91 Å². The van der Waals surface area contributed by atoms with Gasteiger partial charge in [-0.05, 0) is 49.2 Å². The number of hydrogen-bond donors (Lipinski definition) is 2. The van der Waals surface area contributed by atoms with Crippen molar-refractivity contribution in [1.82, 2.24) is 5.32 Å². The van der Waals surface area contributed by atoms with Crippen LogP contribution in [-0.4, -0.2) is 30.5 Å². The number of allylic oxidation sites excluding steroid dienone is 1. The van der Waals surface area contributed by atoms with Gasteiger partial charge in [0, 0.05) is 19.6 Å². The summed E-state index contributed by atoms with van der Waals surface area (Å²) in [6, 6.07) is 9.83. The molecule has 1 aromatic carbocycles. The van der Waals surface area contributed by atoms with Gasteiger partial charge in [0.05, 0.1) is 6.61 Å². The van der Waals surface area contributed by atoms with Crippen LogP contribution in [0.2, 0.25) is 0 Å². The molecule has 0 saturated heterocycles. The molecule has 136 valence electrons. The maximum absolute atomic E-state index is 12.5. The quantitative estimate of drug-likeness (QED) is 0.675. The van der Waals surface area contributed by atoms with E-state index in [2.05, 4.69) is 5.32 Å². The highest BCUT2D eigenvalue weighted by molar-refractivity contribution is 5.91. The van der Waals surface area contributed by atoms with Gasteiger partial charge in [-0.3, -0.25) is 4.79 Å². The second-order valence-corrected chi connectivity index (χ2v) is 6.79. The topological polar surface area (TPSA) is 67.8 Å². The van der Waals surface area contributed by atoms with Crippen molar-refractivity contribution in [2.45, 2.75) is 44.9 Å². The monoisotopic (exact) mass is 345 g/mol. The molecule has 1 aliphatic carbocycles. The first kappa shape index (κ1) is 18.0. The molecule has 1 aromatic rings. The number of carbonyl (C=O) groups excluding carboxylic acids is 1. The molecule has 25 heavy (non-hydrogen) atoms. The van der Waals surface area contributed by atoms with Crippen LogP contribution in [0.5, 0.6) is 0 Å². The number of nitrogens with one attached hydrogen (secondary N) is 1. The maximum atomic E-state index is 12.5. The molecule has 1 fully saturated rings. The number of benzene rings is 1. The minimum absolute atomic E-state index is 0.173. The Hall–Kier alpha value is -1.85. The zero-order valence-corrected chi connectivity index (χ0v) is 14.5. The molecule has 2 atom stereocenters. The fourth-order valence-corrected chi connectivity index (χ4v) is 3.09. The van der Waals surface area contributed by atoms with E-state index in [0.29, 0.717) is 30.7 Å². The van der Waals surface area contributed by atoms with E-state index in [1.807, 2.05) is 36.4 Å². The van der Waals surface area contributed by atoms with Crippen LogP contribution < -0.4 is 5.32 Å². The number of unbranched alkanes of at least 4 members (excludes halogenated alkanes) is 1. The van der Waals surface area contributed by atoms with Crippen LogP contribution in [0.4, 0.5) is 0 Å². The molecular formula is C20H27NO4. The molecule has 2 aliphatic rings. The number of rotatable bonds is 9. The van der Waals surface area contributed by atoms with Crippen molar-refractivity contribution in [3.8, 4) is 0 Å². The third-order valence-electron chi connectivity index (χ3n) is 4.69. The van der Waals surface area contributed by atoms with E-state index in [-0.39, 0.29) is 18.8 Å². The molecule has 3 rings (SSSR count). The van der Waals surface area contributed by atoms with Crippen molar-refractivity contribution in [2.75, 3.05) is 13.2 Å². The Bertz CT molecular complexity index is 583. The van der Waals surface area contributed by atoms with E-state index in [0.717, 1.165) is 24.8 Å². The predicted molar refractivity (Wildman–Crippen MR) is 94.3 cm³/mol. The van der Waals surface area contributed by atoms with Gasteiger partial charge in [0.25, 0.3) is 5.91 Å². The number of aliphatic hydroxyl groups is 1. The highest BCUT2D eigenvalue weighted by Gasteiger charge is 2.37. The highest BCUT2D eigenvalue weighted by atomic mass is 16.7. The fraction of sp³-hybridized carbons (Fsp3) is 0.550. The Balaban J connectivity index is 1.54. The van der Waals surface area contributed by atoms with Crippen LogP contribution in [0.1, 0.15) is 37.7 Å². The van der Waals surface area contributed by atoms with Crippen molar-refractivity contribution in [3.05, 3.63) is 47.7 Å². The van der Waals surface area contributed by atoms with Gasteiger partial charge in [-0.2, -0.15) is 0 Å². The summed E-state index contributed by atoms with van der Waals surface area (Å²) in [5.74, 6) is 1.21. The molecule has 5 nitrogen and oxygen atoms in total. The molecular weight excluding hydrogens is 318 g/mol. The van der Waals surface area contributed by atoms with Crippen LogP contribution in [0.25, 0.3) is 0 Å². The third kappa shape index (κ3) is 5.58. The molecule has 0 radical (unpaired) electrons. The average molecular weight is 345 g/mol. The van der Waals surface area contributed by atoms with E-state index in [1.54, 1.807) is 0 Å². The Morgan fingerprint density at radius 3 is 2.76 bits per heavy atom. The lowest BCUT2D eigenvalue weighted by Crippen LogP contribution is -2.33. The second-order valence-electron chi connectivity index (χ2n) is 6.79. The summed E-state index contributed by atoms with van der Waals surface area (Å²) in [5, 5.41) is 11.8. The first-order chi connectivity index (χ1) is 12.3. The number of ether oxygens (including phenoxy) is 2. The summed E-state index contributed by atoms with van der Waals surface area (Å²) in [5.41, 5.74) is 1.06. The Morgan fingerprint density at radius 1 is 1.24 bits per heavy atom.